The first kappa shape index (κ1) is 11.2. The van der Waals surface area contributed by atoms with Crippen molar-refractivity contribution in [3.05, 3.63) is 23.2 Å². The standard InChI is InChI=1S/C11H12ClNO3/c1-2-5-16-13-9-6-8(12)3-4-10(9)15-7-11(13)14/h3-4,6H,2,5,7H2,1H3. The van der Waals surface area contributed by atoms with E-state index in [4.69, 9.17) is 21.2 Å². The molecule has 0 N–H and O–H groups in total. The summed E-state index contributed by atoms with van der Waals surface area (Å²) in [6.07, 6.45) is 0.834. The molecule has 0 atom stereocenters. The van der Waals surface area contributed by atoms with Crippen LogP contribution in [-0.2, 0) is 9.63 Å². The van der Waals surface area contributed by atoms with Gasteiger partial charge in [0.25, 0.3) is 5.91 Å². The maximum atomic E-state index is 11.6. The number of carbonyl (C=O) groups excluding carboxylic acids is 1. The van der Waals surface area contributed by atoms with Crippen molar-refractivity contribution < 1.29 is 14.4 Å². The highest BCUT2D eigenvalue weighted by molar-refractivity contribution is 6.31. The van der Waals surface area contributed by atoms with Gasteiger partial charge >= 0.3 is 0 Å². The average Bonchev–Trinajstić information content (AvgIpc) is 2.28. The highest BCUT2D eigenvalue weighted by Gasteiger charge is 2.26. The van der Waals surface area contributed by atoms with Crippen LogP contribution in [0.5, 0.6) is 5.75 Å². The van der Waals surface area contributed by atoms with Crippen LogP contribution < -0.4 is 9.80 Å². The molecule has 0 bridgehead atoms. The number of hydrogen-bond donors (Lipinski definition) is 0. The molecule has 0 fully saturated rings. The topological polar surface area (TPSA) is 38.8 Å². The largest absolute Gasteiger partial charge is 0.481 e. The number of halogens is 1. The van der Waals surface area contributed by atoms with Crippen molar-refractivity contribution in [3.8, 4) is 5.75 Å². The molecule has 0 saturated heterocycles. The number of amides is 1. The number of carbonyl (C=O) groups is 1. The number of benzene rings is 1. The summed E-state index contributed by atoms with van der Waals surface area (Å²) < 4.78 is 5.27. The lowest BCUT2D eigenvalue weighted by molar-refractivity contribution is -0.129. The van der Waals surface area contributed by atoms with Crippen LogP contribution in [0.3, 0.4) is 0 Å². The Labute approximate surface area is 98.7 Å². The van der Waals surface area contributed by atoms with Gasteiger partial charge in [-0.15, -0.1) is 0 Å². The molecule has 5 heteroatoms. The first-order valence-electron chi connectivity index (χ1n) is 5.10. The van der Waals surface area contributed by atoms with Crippen LogP contribution in [0.2, 0.25) is 5.02 Å². The molecule has 0 radical (unpaired) electrons. The Balaban J connectivity index is 2.31. The molecule has 4 nitrogen and oxygen atoms in total. The van der Waals surface area contributed by atoms with Crippen LogP contribution in [0.15, 0.2) is 18.2 Å². The van der Waals surface area contributed by atoms with Crippen molar-refractivity contribution in [2.45, 2.75) is 13.3 Å². The van der Waals surface area contributed by atoms with Crippen LogP contribution >= 0.6 is 11.6 Å². The molecule has 0 saturated carbocycles. The molecule has 0 unspecified atom stereocenters. The lowest BCUT2D eigenvalue weighted by atomic mass is 10.2. The third-order valence-corrected chi connectivity index (χ3v) is 2.38. The summed E-state index contributed by atoms with van der Waals surface area (Å²) in [5, 5.41) is 1.80. The highest BCUT2D eigenvalue weighted by Crippen LogP contribution is 2.34. The molecule has 0 spiro atoms. The molecule has 1 heterocycles. The van der Waals surface area contributed by atoms with Crippen molar-refractivity contribution >= 4 is 23.2 Å². The van der Waals surface area contributed by atoms with Crippen molar-refractivity contribution in [2.75, 3.05) is 18.3 Å². The first-order valence-corrected chi connectivity index (χ1v) is 5.48. The molecule has 86 valence electrons. The van der Waals surface area contributed by atoms with Gasteiger partial charge in [0.15, 0.2) is 6.61 Å². The Bertz CT molecular complexity index is 408. The number of ether oxygens (including phenoxy) is 1. The fraction of sp³-hybridized carbons (Fsp3) is 0.364. The summed E-state index contributed by atoms with van der Waals surface area (Å²) >= 11 is 5.87. The second-order valence-electron chi connectivity index (χ2n) is 3.42. The minimum absolute atomic E-state index is 0.00164. The Hall–Kier alpha value is -1.26. The Morgan fingerprint density at radius 3 is 3.12 bits per heavy atom. The summed E-state index contributed by atoms with van der Waals surface area (Å²) in [5.41, 5.74) is 0.567. The second-order valence-corrected chi connectivity index (χ2v) is 3.86. The van der Waals surface area contributed by atoms with Gasteiger partial charge in [0.1, 0.15) is 11.4 Å². The Morgan fingerprint density at radius 2 is 2.38 bits per heavy atom. The van der Waals surface area contributed by atoms with E-state index in [1.165, 1.54) is 5.06 Å². The monoisotopic (exact) mass is 241 g/mol. The molecule has 1 amide bonds. The van der Waals surface area contributed by atoms with Crippen molar-refractivity contribution in [1.82, 2.24) is 0 Å². The number of hydrogen-bond acceptors (Lipinski definition) is 3. The zero-order valence-electron chi connectivity index (χ0n) is 8.90. The van der Waals surface area contributed by atoms with Gasteiger partial charge in [-0.05, 0) is 24.6 Å². The highest BCUT2D eigenvalue weighted by atomic mass is 35.5. The molecule has 2 rings (SSSR count). The van der Waals surface area contributed by atoms with Gasteiger partial charge in [-0.1, -0.05) is 18.5 Å². The predicted molar refractivity (Wildman–Crippen MR) is 60.7 cm³/mol. The molecule has 0 aromatic heterocycles. The van der Waals surface area contributed by atoms with Crippen LogP contribution in [0, 0.1) is 0 Å². The summed E-state index contributed by atoms with van der Waals surface area (Å²) in [6.45, 7) is 2.46. The van der Waals surface area contributed by atoms with Crippen molar-refractivity contribution in [1.29, 1.82) is 0 Å². The average molecular weight is 242 g/mol. The first-order chi connectivity index (χ1) is 7.72. The third kappa shape index (κ3) is 2.13. The van der Waals surface area contributed by atoms with Gasteiger partial charge < -0.3 is 4.74 Å². The summed E-state index contributed by atoms with van der Waals surface area (Å²) in [7, 11) is 0. The molecule has 1 aliphatic rings. The van der Waals surface area contributed by atoms with Crippen LogP contribution in [-0.4, -0.2) is 19.1 Å². The summed E-state index contributed by atoms with van der Waals surface area (Å²) in [5.74, 6) is 0.392. The molecule has 16 heavy (non-hydrogen) atoms. The number of hydroxylamine groups is 1. The maximum Gasteiger partial charge on any atom is 0.288 e. The number of anilines is 1. The second kappa shape index (κ2) is 4.72. The van der Waals surface area contributed by atoms with E-state index in [0.29, 0.717) is 23.1 Å². The normalized spacial score (nSPS) is 14.6. The van der Waals surface area contributed by atoms with E-state index < -0.39 is 0 Å². The molecular weight excluding hydrogens is 230 g/mol. The van der Waals surface area contributed by atoms with Gasteiger partial charge in [-0.2, -0.15) is 5.06 Å². The van der Waals surface area contributed by atoms with Gasteiger partial charge in [0, 0.05) is 5.02 Å². The third-order valence-electron chi connectivity index (χ3n) is 2.14. The maximum absolute atomic E-state index is 11.6. The fourth-order valence-corrected chi connectivity index (χ4v) is 1.59. The number of rotatable bonds is 3. The smallest absolute Gasteiger partial charge is 0.288 e. The van der Waals surface area contributed by atoms with Gasteiger partial charge in [-0.25, -0.2) is 0 Å². The van der Waals surface area contributed by atoms with Crippen LogP contribution in [0.4, 0.5) is 5.69 Å². The predicted octanol–water partition coefficient (Wildman–Crippen LogP) is 2.41. The molecule has 1 aliphatic heterocycles. The zero-order chi connectivity index (χ0) is 11.5. The van der Waals surface area contributed by atoms with E-state index in [0.717, 1.165) is 6.42 Å². The molecular formula is C11H12ClNO3. The van der Waals surface area contributed by atoms with E-state index in [9.17, 15) is 4.79 Å². The molecule has 0 aliphatic carbocycles. The quantitative estimate of drug-likeness (QED) is 0.816. The number of nitrogens with zero attached hydrogens (tertiary/aromatic N) is 1. The number of fused-ring (bicyclic) bond motifs is 1. The lowest BCUT2D eigenvalue weighted by Crippen LogP contribution is -2.38. The minimum atomic E-state index is -0.219. The van der Waals surface area contributed by atoms with E-state index in [-0.39, 0.29) is 12.5 Å². The minimum Gasteiger partial charge on any atom is -0.481 e. The van der Waals surface area contributed by atoms with E-state index in [1.807, 2.05) is 6.92 Å². The fourth-order valence-electron chi connectivity index (χ4n) is 1.43. The molecule has 1 aromatic rings. The SMILES string of the molecule is CCCON1C(=O)COc2ccc(Cl)cc21. The summed E-state index contributed by atoms with van der Waals surface area (Å²) in [4.78, 5) is 17.0. The Morgan fingerprint density at radius 1 is 1.56 bits per heavy atom. The van der Waals surface area contributed by atoms with E-state index in [2.05, 4.69) is 0 Å². The van der Waals surface area contributed by atoms with Crippen molar-refractivity contribution in [3.63, 3.8) is 0 Å². The van der Waals surface area contributed by atoms with Gasteiger partial charge in [-0.3, -0.25) is 9.63 Å². The van der Waals surface area contributed by atoms with Crippen molar-refractivity contribution in [2.24, 2.45) is 0 Å². The van der Waals surface area contributed by atoms with Gasteiger partial charge in [0.2, 0.25) is 0 Å². The van der Waals surface area contributed by atoms with E-state index in [1.54, 1.807) is 18.2 Å². The van der Waals surface area contributed by atoms with Crippen LogP contribution in [0.1, 0.15) is 13.3 Å². The summed E-state index contributed by atoms with van der Waals surface area (Å²) in [6, 6.07) is 5.10. The van der Waals surface area contributed by atoms with E-state index >= 15 is 0 Å². The molecule has 1 aromatic carbocycles. The zero-order valence-corrected chi connectivity index (χ0v) is 9.66. The lowest BCUT2D eigenvalue weighted by Gasteiger charge is -2.28. The van der Waals surface area contributed by atoms with Crippen LogP contribution in [0.25, 0.3) is 0 Å². The van der Waals surface area contributed by atoms with Gasteiger partial charge in [0.05, 0.1) is 6.61 Å². The Kier molecular flexibility index (Phi) is 3.31.